The van der Waals surface area contributed by atoms with Crippen LogP contribution in [0.1, 0.15) is 18.5 Å². The maximum absolute atomic E-state index is 12.5. The molecule has 0 saturated carbocycles. The molecule has 1 aliphatic heterocycles. The van der Waals surface area contributed by atoms with Crippen LogP contribution in [-0.4, -0.2) is 39.4 Å². The number of para-hydroxylation sites is 2. The molecular formula is C23H25N3O5. The number of methoxy groups -OCH3 is 2. The summed E-state index contributed by atoms with van der Waals surface area (Å²) < 4.78 is 22.0. The number of nitrogens with zero attached hydrogens (tertiary/aromatic N) is 1. The van der Waals surface area contributed by atoms with Crippen LogP contribution in [0, 0.1) is 11.3 Å². The Labute approximate surface area is 181 Å². The molecule has 0 aliphatic carbocycles. The van der Waals surface area contributed by atoms with Crippen molar-refractivity contribution in [1.82, 2.24) is 10.6 Å². The highest BCUT2D eigenvalue weighted by atomic mass is 16.6. The number of amides is 1. The summed E-state index contributed by atoms with van der Waals surface area (Å²) in [7, 11) is 3.11. The largest absolute Gasteiger partial charge is 0.493 e. The normalized spacial score (nSPS) is 15.9. The van der Waals surface area contributed by atoms with Crippen LogP contribution in [0.5, 0.6) is 23.0 Å². The van der Waals surface area contributed by atoms with E-state index in [0.29, 0.717) is 36.1 Å². The molecule has 2 unspecified atom stereocenters. The fraction of sp³-hybridized carbons (Fsp3) is 0.304. The average Bonchev–Trinajstić information content (AvgIpc) is 2.81. The van der Waals surface area contributed by atoms with E-state index in [0.717, 1.165) is 5.56 Å². The highest BCUT2D eigenvalue weighted by Gasteiger charge is 2.20. The molecule has 8 nitrogen and oxygen atoms in total. The number of hydrogen-bond acceptors (Lipinski definition) is 7. The molecule has 1 amide bonds. The zero-order valence-corrected chi connectivity index (χ0v) is 17.7. The van der Waals surface area contributed by atoms with Crippen molar-refractivity contribution in [2.45, 2.75) is 19.1 Å². The van der Waals surface area contributed by atoms with Crippen molar-refractivity contribution in [1.29, 1.82) is 5.26 Å². The Morgan fingerprint density at radius 1 is 1.23 bits per heavy atom. The fourth-order valence-electron chi connectivity index (χ4n) is 3.08. The predicted molar refractivity (Wildman–Crippen MR) is 114 cm³/mol. The van der Waals surface area contributed by atoms with Crippen LogP contribution in [0.2, 0.25) is 0 Å². The van der Waals surface area contributed by atoms with E-state index in [2.05, 4.69) is 10.6 Å². The minimum atomic E-state index is -0.483. The molecule has 0 saturated heterocycles. The Balaban J connectivity index is 1.56. The number of carbonyl (C=O) groups excluding carboxylic acids is 1. The Hall–Kier alpha value is -3.86. The minimum absolute atomic E-state index is 0.0375. The second kappa shape index (κ2) is 10.3. The highest BCUT2D eigenvalue weighted by Crippen LogP contribution is 2.31. The van der Waals surface area contributed by atoms with E-state index in [1.807, 2.05) is 43.3 Å². The number of nitrogens with one attached hydrogen (secondary N) is 2. The van der Waals surface area contributed by atoms with E-state index in [-0.39, 0.29) is 17.7 Å². The van der Waals surface area contributed by atoms with E-state index in [1.165, 1.54) is 6.20 Å². The number of benzene rings is 2. The maximum atomic E-state index is 12.5. The van der Waals surface area contributed by atoms with Gasteiger partial charge in [0.15, 0.2) is 23.0 Å². The van der Waals surface area contributed by atoms with Gasteiger partial charge in [0, 0.05) is 6.20 Å². The fourth-order valence-corrected chi connectivity index (χ4v) is 3.08. The monoisotopic (exact) mass is 423 g/mol. The molecule has 3 rings (SSSR count). The zero-order valence-electron chi connectivity index (χ0n) is 17.7. The lowest BCUT2D eigenvalue weighted by molar-refractivity contribution is -0.117. The summed E-state index contributed by atoms with van der Waals surface area (Å²) in [6.07, 6.45) is 1.15. The number of hydrogen-bond donors (Lipinski definition) is 2. The predicted octanol–water partition coefficient (Wildman–Crippen LogP) is 2.72. The van der Waals surface area contributed by atoms with Gasteiger partial charge in [0.05, 0.1) is 26.8 Å². The molecule has 0 spiro atoms. The van der Waals surface area contributed by atoms with Gasteiger partial charge in [0.25, 0.3) is 5.91 Å². The zero-order chi connectivity index (χ0) is 22.2. The molecular weight excluding hydrogens is 398 g/mol. The molecule has 162 valence electrons. The third-order valence-corrected chi connectivity index (χ3v) is 4.78. The molecule has 31 heavy (non-hydrogen) atoms. The van der Waals surface area contributed by atoms with E-state index in [4.69, 9.17) is 18.9 Å². The van der Waals surface area contributed by atoms with Gasteiger partial charge in [-0.05, 0) is 36.8 Å². The maximum Gasteiger partial charge on any atom is 0.263 e. The summed E-state index contributed by atoms with van der Waals surface area (Å²) >= 11 is 0. The Morgan fingerprint density at radius 3 is 2.68 bits per heavy atom. The lowest BCUT2D eigenvalue weighted by Crippen LogP contribution is -2.37. The summed E-state index contributed by atoms with van der Waals surface area (Å²) in [6.45, 7) is 2.59. The molecule has 0 bridgehead atoms. The highest BCUT2D eigenvalue weighted by molar-refractivity contribution is 5.97. The third kappa shape index (κ3) is 5.39. The first-order valence-electron chi connectivity index (χ1n) is 9.80. The van der Waals surface area contributed by atoms with Crippen LogP contribution < -0.4 is 29.6 Å². The quantitative estimate of drug-likeness (QED) is 0.497. The topological polar surface area (TPSA) is 102 Å². The molecule has 2 aromatic rings. The van der Waals surface area contributed by atoms with Gasteiger partial charge in [-0.2, -0.15) is 5.26 Å². The first-order chi connectivity index (χ1) is 15.0. The molecule has 2 N–H and O–H groups in total. The van der Waals surface area contributed by atoms with E-state index in [1.54, 1.807) is 26.4 Å². The molecule has 1 heterocycles. The van der Waals surface area contributed by atoms with Crippen molar-refractivity contribution >= 4 is 5.91 Å². The van der Waals surface area contributed by atoms with Gasteiger partial charge in [-0.3, -0.25) is 4.79 Å². The number of carbonyl (C=O) groups is 1. The minimum Gasteiger partial charge on any atom is -0.493 e. The van der Waals surface area contributed by atoms with Crippen molar-refractivity contribution in [3.8, 4) is 29.1 Å². The van der Waals surface area contributed by atoms with Gasteiger partial charge in [0.1, 0.15) is 24.4 Å². The Kier molecular flexibility index (Phi) is 7.22. The molecule has 0 fully saturated rings. The molecule has 0 aromatic heterocycles. The Morgan fingerprint density at radius 2 is 1.97 bits per heavy atom. The third-order valence-electron chi connectivity index (χ3n) is 4.78. The van der Waals surface area contributed by atoms with Crippen molar-refractivity contribution in [3.05, 3.63) is 59.8 Å². The standard InChI is InChI=1S/C23H25N3O5/c1-15(16-8-9-19(28-2)22(10-16)29-3)26-23(27)17(11-24)12-25-13-18-14-30-20-6-4-5-7-21(20)31-18/h4-10,12,15,18,25H,13-14H2,1-3H3,(H,26,27)/b17-12-. The summed E-state index contributed by atoms with van der Waals surface area (Å²) in [6, 6.07) is 14.4. The molecule has 0 radical (unpaired) electrons. The van der Waals surface area contributed by atoms with Gasteiger partial charge in [-0.15, -0.1) is 0 Å². The van der Waals surface area contributed by atoms with E-state index in [9.17, 15) is 10.1 Å². The first-order valence-corrected chi connectivity index (χ1v) is 9.80. The lowest BCUT2D eigenvalue weighted by Gasteiger charge is -2.26. The van der Waals surface area contributed by atoms with Gasteiger partial charge >= 0.3 is 0 Å². The van der Waals surface area contributed by atoms with Gasteiger partial charge in [-0.25, -0.2) is 0 Å². The number of nitriles is 1. The van der Waals surface area contributed by atoms with Crippen molar-refractivity contribution in [3.63, 3.8) is 0 Å². The van der Waals surface area contributed by atoms with Crippen molar-refractivity contribution < 1.29 is 23.7 Å². The van der Waals surface area contributed by atoms with Crippen LogP contribution in [0.15, 0.2) is 54.2 Å². The van der Waals surface area contributed by atoms with Crippen LogP contribution in [0.3, 0.4) is 0 Å². The van der Waals surface area contributed by atoms with Crippen LogP contribution in [-0.2, 0) is 4.79 Å². The van der Waals surface area contributed by atoms with E-state index >= 15 is 0 Å². The summed E-state index contributed by atoms with van der Waals surface area (Å²) in [5.41, 5.74) is 0.784. The smallest absolute Gasteiger partial charge is 0.263 e. The SMILES string of the molecule is COc1ccc(C(C)NC(=O)/C(C#N)=C\NCC2COc3ccccc3O2)cc1OC. The van der Waals surface area contributed by atoms with Crippen LogP contribution in [0.4, 0.5) is 0 Å². The summed E-state index contributed by atoms with van der Waals surface area (Å²) in [5, 5.41) is 15.2. The number of fused-ring (bicyclic) bond motifs is 1. The Bertz CT molecular complexity index is 999. The van der Waals surface area contributed by atoms with Crippen molar-refractivity contribution in [2.75, 3.05) is 27.4 Å². The second-order valence-corrected chi connectivity index (χ2v) is 6.89. The molecule has 2 atom stereocenters. The van der Waals surface area contributed by atoms with Crippen LogP contribution >= 0.6 is 0 Å². The number of ether oxygens (including phenoxy) is 4. The van der Waals surface area contributed by atoms with E-state index < -0.39 is 5.91 Å². The van der Waals surface area contributed by atoms with Gasteiger partial charge in [-0.1, -0.05) is 18.2 Å². The number of rotatable bonds is 8. The summed E-state index contributed by atoms with van der Waals surface area (Å²) in [5.74, 6) is 2.06. The average molecular weight is 423 g/mol. The molecule has 8 heteroatoms. The molecule has 2 aromatic carbocycles. The van der Waals surface area contributed by atoms with Crippen LogP contribution in [0.25, 0.3) is 0 Å². The lowest BCUT2D eigenvalue weighted by atomic mass is 10.1. The second-order valence-electron chi connectivity index (χ2n) is 6.89. The first kappa shape index (κ1) is 21.8. The van der Waals surface area contributed by atoms with Gasteiger partial charge in [0.2, 0.25) is 0 Å². The summed E-state index contributed by atoms with van der Waals surface area (Å²) in [4.78, 5) is 12.5. The van der Waals surface area contributed by atoms with Gasteiger partial charge < -0.3 is 29.6 Å². The van der Waals surface area contributed by atoms with Crippen molar-refractivity contribution in [2.24, 2.45) is 0 Å². The molecule has 1 aliphatic rings.